The predicted molar refractivity (Wildman–Crippen MR) is 85.8 cm³/mol. The van der Waals surface area contributed by atoms with Gasteiger partial charge in [0.1, 0.15) is 0 Å². The van der Waals surface area contributed by atoms with Crippen LogP contribution in [0.5, 0.6) is 0 Å². The van der Waals surface area contributed by atoms with Gasteiger partial charge in [-0.15, -0.1) is 0 Å². The minimum atomic E-state index is -0.108. The van der Waals surface area contributed by atoms with Gasteiger partial charge in [-0.25, -0.2) is 0 Å². The Morgan fingerprint density at radius 2 is 1.90 bits per heavy atom. The van der Waals surface area contributed by atoms with Crippen molar-refractivity contribution in [2.45, 2.75) is 13.5 Å². The third-order valence-electron chi connectivity index (χ3n) is 3.11. The van der Waals surface area contributed by atoms with Crippen LogP contribution in [0, 0.1) is 6.92 Å². The molecule has 1 heterocycles. The second-order valence-corrected chi connectivity index (χ2v) is 5.56. The van der Waals surface area contributed by atoms with Gasteiger partial charge in [-0.1, -0.05) is 17.7 Å². The number of carbonyl (C=O) groups excluding carboxylic acids is 1. The number of amides is 1. The first-order valence-corrected chi connectivity index (χ1v) is 7.06. The zero-order chi connectivity index (χ0) is 15.4. The molecule has 2 aromatic rings. The van der Waals surface area contributed by atoms with E-state index in [0.717, 1.165) is 11.3 Å². The number of carbonyl (C=O) groups is 1. The number of nitrogens with zero attached hydrogens (tertiary/aromatic N) is 2. The molecule has 0 aliphatic rings. The Morgan fingerprint density at radius 3 is 2.48 bits per heavy atom. The molecule has 1 N–H and O–H groups in total. The summed E-state index contributed by atoms with van der Waals surface area (Å²) in [6.07, 6.45) is 3.76. The molecule has 0 aliphatic heterocycles. The summed E-state index contributed by atoms with van der Waals surface area (Å²) in [5, 5.41) is 3.37. The van der Waals surface area contributed by atoms with Gasteiger partial charge in [0, 0.05) is 31.9 Å². The molecule has 1 aromatic carbocycles. The van der Waals surface area contributed by atoms with Crippen molar-refractivity contribution in [1.82, 2.24) is 0 Å². The fourth-order valence-corrected chi connectivity index (χ4v) is 2.21. The van der Waals surface area contributed by atoms with Gasteiger partial charge in [-0.2, -0.15) is 4.57 Å². The van der Waals surface area contributed by atoms with Crippen molar-refractivity contribution >= 4 is 28.9 Å². The zero-order valence-electron chi connectivity index (χ0n) is 12.4. The summed E-state index contributed by atoms with van der Waals surface area (Å²) in [6.45, 7) is 2.21. The summed E-state index contributed by atoms with van der Waals surface area (Å²) in [6, 6.07) is 9.49. The quantitative estimate of drug-likeness (QED) is 0.882. The van der Waals surface area contributed by atoms with Crippen LogP contribution in [0.2, 0.25) is 5.02 Å². The molecule has 0 spiro atoms. The average Bonchev–Trinajstić information content (AvgIpc) is 2.42. The zero-order valence-corrected chi connectivity index (χ0v) is 13.2. The maximum Gasteiger partial charge on any atom is 0.290 e. The molecule has 1 amide bonds. The monoisotopic (exact) mass is 304 g/mol. The molecule has 0 fully saturated rings. The molecule has 0 saturated heterocycles. The Bertz CT molecular complexity index is 638. The largest absolute Gasteiger partial charge is 0.377 e. The number of pyridine rings is 1. The molecule has 0 atom stereocenters. The lowest BCUT2D eigenvalue weighted by atomic mass is 10.2. The van der Waals surface area contributed by atoms with E-state index >= 15 is 0 Å². The Balaban J connectivity index is 2.01. The third kappa shape index (κ3) is 4.20. The minimum Gasteiger partial charge on any atom is -0.377 e. The van der Waals surface area contributed by atoms with Gasteiger partial charge in [0.2, 0.25) is 6.54 Å². The van der Waals surface area contributed by atoms with E-state index in [-0.39, 0.29) is 12.5 Å². The van der Waals surface area contributed by atoms with Crippen molar-refractivity contribution in [1.29, 1.82) is 0 Å². The van der Waals surface area contributed by atoms with E-state index in [1.54, 1.807) is 0 Å². The van der Waals surface area contributed by atoms with Gasteiger partial charge in [-0.05, 0) is 24.6 Å². The van der Waals surface area contributed by atoms with Gasteiger partial charge in [0.15, 0.2) is 12.4 Å². The van der Waals surface area contributed by atoms with E-state index in [0.29, 0.717) is 10.7 Å². The van der Waals surface area contributed by atoms with Crippen LogP contribution in [0.15, 0.2) is 42.7 Å². The van der Waals surface area contributed by atoms with Crippen LogP contribution in [-0.2, 0) is 11.3 Å². The number of halogens is 1. The molecule has 0 aliphatic carbocycles. The topological polar surface area (TPSA) is 36.2 Å². The Labute approximate surface area is 130 Å². The average molecular weight is 305 g/mol. The summed E-state index contributed by atoms with van der Waals surface area (Å²) >= 11 is 6.11. The van der Waals surface area contributed by atoms with Crippen molar-refractivity contribution in [2.75, 3.05) is 24.3 Å². The minimum absolute atomic E-state index is 0.108. The summed E-state index contributed by atoms with van der Waals surface area (Å²) in [7, 11) is 3.96. The number of hydrogen-bond acceptors (Lipinski definition) is 2. The number of hydrogen-bond donors (Lipinski definition) is 1. The van der Waals surface area contributed by atoms with Crippen molar-refractivity contribution in [3.8, 4) is 0 Å². The van der Waals surface area contributed by atoms with Gasteiger partial charge in [0.25, 0.3) is 5.91 Å². The number of aromatic nitrogens is 1. The lowest BCUT2D eigenvalue weighted by Gasteiger charge is -2.10. The van der Waals surface area contributed by atoms with Crippen molar-refractivity contribution < 1.29 is 9.36 Å². The normalized spacial score (nSPS) is 10.3. The molecule has 0 saturated carbocycles. The highest BCUT2D eigenvalue weighted by Crippen LogP contribution is 2.22. The highest BCUT2D eigenvalue weighted by atomic mass is 35.5. The van der Waals surface area contributed by atoms with Gasteiger partial charge in [0.05, 0.1) is 10.7 Å². The Morgan fingerprint density at radius 1 is 1.24 bits per heavy atom. The van der Waals surface area contributed by atoms with E-state index < -0.39 is 0 Å². The van der Waals surface area contributed by atoms with Gasteiger partial charge >= 0.3 is 0 Å². The number of rotatable bonds is 4. The smallest absolute Gasteiger partial charge is 0.290 e. The first-order valence-electron chi connectivity index (χ1n) is 6.68. The molecule has 2 rings (SSSR count). The molecular formula is C16H19ClN3O+. The first kappa shape index (κ1) is 15.3. The third-order valence-corrected chi connectivity index (χ3v) is 3.43. The van der Waals surface area contributed by atoms with Crippen LogP contribution >= 0.6 is 11.6 Å². The van der Waals surface area contributed by atoms with Crippen LogP contribution < -0.4 is 14.8 Å². The number of aryl methyl sites for hydroxylation is 1. The van der Waals surface area contributed by atoms with E-state index in [1.807, 2.05) is 73.2 Å². The lowest BCUT2D eigenvalue weighted by Crippen LogP contribution is -2.39. The first-order chi connectivity index (χ1) is 9.95. The number of anilines is 2. The summed E-state index contributed by atoms with van der Waals surface area (Å²) in [5.74, 6) is -0.108. The fraction of sp³-hybridized carbons (Fsp3) is 0.250. The lowest BCUT2D eigenvalue weighted by molar-refractivity contribution is -0.684. The van der Waals surface area contributed by atoms with Crippen molar-refractivity contribution in [2.24, 2.45) is 0 Å². The van der Waals surface area contributed by atoms with Crippen molar-refractivity contribution in [3.05, 3.63) is 53.3 Å². The summed E-state index contributed by atoms with van der Waals surface area (Å²) in [5.41, 5.74) is 2.79. The highest BCUT2D eigenvalue weighted by Gasteiger charge is 2.11. The molecule has 21 heavy (non-hydrogen) atoms. The molecule has 0 unspecified atom stereocenters. The Kier molecular flexibility index (Phi) is 4.81. The van der Waals surface area contributed by atoms with Gasteiger partial charge in [-0.3, -0.25) is 4.79 Å². The van der Waals surface area contributed by atoms with E-state index in [2.05, 4.69) is 5.32 Å². The molecule has 110 valence electrons. The second kappa shape index (κ2) is 6.59. The van der Waals surface area contributed by atoms with Crippen molar-refractivity contribution in [3.63, 3.8) is 0 Å². The second-order valence-electron chi connectivity index (χ2n) is 5.15. The van der Waals surface area contributed by atoms with E-state index in [1.165, 1.54) is 0 Å². The maximum absolute atomic E-state index is 12.0. The van der Waals surface area contributed by atoms with Crippen LogP contribution in [0.4, 0.5) is 11.4 Å². The summed E-state index contributed by atoms with van der Waals surface area (Å²) < 4.78 is 1.82. The molecule has 4 nitrogen and oxygen atoms in total. The SMILES string of the molecule is Cc1ccc(NC(=O)C[n+]2ccc(N(C)C)cc2)c(Cl)c1. The van der Waals surface area contributed by atoms with Crippen LogP contribution in [-0.4, -0.2) is 20.0 Å². The molecular weight excluding hydrogens is 286 g/mol. The van der Waals surface area contributed by atoms with Crippen LogP contribution in [0.1, 0.15) is 5.56 Å². The van der Waals surface area contributed by atoms with Gasteiger partial charge < -0.3 is 10.2 Å². The van der Waals surface area contributed by atoms with Crippen LogP contribution in [0.3, 0.4) is 0 Å². The standard InChI is InChI=1S/C16H18ClN3O/c1-12-4-5-15(14(17)10-12)18-16(21)11-20-8-6-13(7-9-20)19(2)3/h4-10H,11H2,1-3H3/p+1. The number of benzene rings is 1. The summed E-state index contributed by atoms with van der Waals surface area (Å²) in [4.78, 5) is 14.0. The highest BCUT2D eigenvalue weighted by molar-refractivity contribution is 6.33. The number of nitrogens with one attached hydrogen (secondary N) is 1. The Hall–Kier alpha value is -2.07. The van der Waals surface area contributed by atoms with Crippen LogP contribution in [0.25, 0.3) is 0 Å². The van der Waals surface area contributed by atoms with E-state index in [9.17, 15) is 4.79 Å². The van der Waals surface area contributed by atoms with E-state index in [4.69, 9.17) is 11.6 Å². The fourth-order valence-electron chi connectivity index (χ4n) is 1.93. The molecule has 0 radical (unpaired) electrons. The molecule has 5 heteroatoms. The maximum atomic E-state index is 12.0. The predicted octanol–water partition coefficient (Wildman–Crippen LogP) is 2.64. The molecule has 1 aromatic heterocycles. The molecule has 0 bridgehead atoms.